The first-order valence-electron chi connectivity index (χ1n) is 7.87. The van der Waals surface area contributed by atoms with Gasteiger partial charge in [-0.25, -0.2) is 0 Å². The molecule has 0 amide bonds. The summed E-state index contributed by atoms with van der Waals surface area (Å²) in [5, 5.41) is 8.57. The number of benzene rings is 3. The molecule has 0 N–H and O–H groups in total. The van der Waals surface area contributed by atoms with Crippen molar-refractivity contribution in [2.45, 2.75) is 13.1 Å². The summed E-state index contributed by atoms with van der Waals surface area (Å²) in [7, 11) is 0. The average Bonchev–Trinajstić information content (AvgIpc) is 3.06. The molecule has 4 rings (SSSR count). The monoisotopic (exact) mass is 377 g/mol. The molecule has 24 heavy (non-hydrogen) atoms. The third-order valence-electron chi connectivity index (χ3n) is 4.16. The molecule has 0 bridgehead atoms. The number of hydrogen-bond acceptors (Lipinski definition) is 3. The zero-order chi connectivity index (χ0) is 16.4. The van der Waals surface area contributed by atoms with Crippen LogP contribution in [0.2, 0.25) is 0 Å². The molecule has 3 nitrogen and oxygen atoms in total. The second-order valence-corrected chi connectivity index (χ2v) is 6.73. The Morgan fingerprint density at radius 2 is 1.17 bits per heavy atom. The van der Waals surface area contributed by atoms with Crippen molar-refractivity contribution in [1.82, 2.24) is 0 Å². The molecule has 0 atom stereocenters. The van der Waals surface area contributed by atoms with Gasteiger partial charge in [0.15, 0.2) is 0 Å². The second kappa shape index (κ2) is 6.57. The zero-order valence-electron chi connectivity index (χ0n) is 13.1. The highest BCUT2D eigenvalue weighted by Crippen LogP contribution is 2.29. The first-order valence-corrected chi connectivity index (χ1v) is 8.66. The molecule has 1 heterocycles. The van der Waals surface area contributed by atoms with Crippen LogP contribution in [-0.4, -0.2) is 0 Å². The number of azo groups is 1. The highest BCUT2D eigenvalue weighted by molar-refractivity contribution is 9.10. The summed E-state index contributed by atoms with van der Waals surface area (Å²) in [4.78, 5) is 2.38. The molecule has 0 radical (unpaired) electrons. The van der Waals surface area contributed by atoms with E-state index in [1.807, 2.05) is 36.4 Å². The molecular formula is C20H16BrN3. The molecular weight excluding hydrogens is 362 g/mol. The van der Waals surface area contributed by atoms with Crippen LogP contribution >= 0.6 is 15.9 Å². The van der Waals surface area contributed by atoms with E-state index in [1.54, 1.807) is 0 Å². The lowest BCUT2D eigenvalue weighted by Gasteiger charge is -2.17. The van der Waals surface area contributed by atoms with E-state index < -0.39 is 0 Å². The average molecular weight is 378 g/mol. The predicted molar refractivity (Wildman–Crippen MR) is 101 cm³/mol. The van der Waals surface area contributed by atoms with Crippen LogP contribution in [0.4, 0.5) is 17.1 Å². The standard InChI is InChI=1S/C20H16BrN3/c21-17-5-7-18(8-6-17)22-23-19-9-11-20(12-10-19)24-13-15-3-1-2-4-16(15)14-24/h1-12H,13-14H2. The Morgan fingerprint density at radius 1 is 0.667 bits per heavy atom. The van der Waals surface area contributed by atoms with Crippen LogP contribution in [0.5, 0.6) is 0 Å². The van der Waals surface area contributed by atoms with Crippen LogP contribution in [0.25, 0.3) is 0 Å². The molecule has 0 saturated heterocycles. The van der Waals surface area contributed by atoms with Crippen molar-refractivity contribution in [1.29, 1.82) is 0 Å². The van der Waals surface area contributed by atoms with E-state index in [4.69, 9.17) is 0 Å². The third kappa shape index (κ3) is 3.24. The molecule has 0 spiro atoms. The first kappa shape index (κ1) is 15.1. The molecule has 1 aliphatic heterocycles. The van der Waals surface area contributed by atoms with Gasteiger partial charge in [-0.3, -0.25) is 0 Å². The normalized spacial score (nSPS) is 13.5. The van der Waals surface area contributed by atoms with Gasteiger partial charge in [0.2, 0.25) is 0 Å². The van der Waals surface area contributed by atoms with Crippen molar-refractivity contribution in [3.63, 3.8) is 0 Å². The lowest BCUT2D eigenvalue weighted by atomic mass is 10.1. The van der Waals surface area contributed by atoms with Crippen molar-refractivity contribution in [2.75, 3.05) is 4.90 Å². The quantitative estimate of drug-likeness (QED) is 0.486. The summed E-state index contributed by atoms with van der Waals surface area (Å²) >= 11 is 3.42. The van der Waals surface area contributed by atoms with Gasteiger partial charge in [-0.05, 0) is 59.7 Å². The summed E-state index contributed by atoms with van der Waals surface area (Å²) in [5.74, 6) is 0. The van der Waals surface area contributed by atoms with E-state index in [2.05, 4.69) is 67.5 Å². The fourth-order valence-corrected chi connectivity index (χ4v) is 3.13. The van der Waals surface area contributed by atoms with Crippen molar-refractivity contribution < 1.29 is 0 Å². The summed E-state index contributed by atoms with van der Waals surface area (Å²) in [5.41, 5.74) is 5.75. The van der Waals surface area contributed by atoms with E-state index in [9.17, 15) is 0 Å². The number of fused-ring (bicyclic) bond motifs is 1. The number of hydrogen-bond donors (Lipinski definition) is 0. The van der Waals surface area contributed by atoms with Gasteiger partial charge in [0.1, 0.15) is 0 Å². The number of anilines is 1. The van der Waals surface area contributed by atoms with E-state index in [-0.39, 0.29) is 0 Å². The van der Waals surface area contributed by atoms with Gasteiger partial charge in [-0.1, -0.05) is 40.2 Å². The zero-order valence-corrected chi connectivity index (χ0v) is 14.6. The fourth-order valence-electron chi connectivity index (χ4n) is 2.87. The Kier molecular flexibility index (Phi) is 4.13. The van der Waals surface area contributed by atoms with Crippen LogP contribution in [0.3, 0.4) is 0 Å². The predicted octanol–water partition coefficient (Wildman–Crippen LogP) is 6.38. The van der Waals surface area contributed by atoms with Crippen LogP contribution in [0.1, 0.15) is 11.1 Å². The van der Waals surface area contributed by atoms with Crippen LogP contribution in [-0.2, 0) is 13.1 Å². The van der Waals surface area contributed by atoms with Crippen LogP contribution < -0.4 is 4.90 Å². The summed E-state index contributed by atoms with van der Waals surface area (Å²) in [6.45, 7) is 1.94. The van der Waals surface area contributed by atoms with Gasteiger partial charge in [-0.15, -0.1) is 0 Å². The molecule has 1 aliphatic rings. The minimum atomic E-state index is 0.845. The number of rotatable bonds is 3. The van der Waals surface area contributed by atoms with Gasteiger partial charge in [0.25, 0.3) is 0 Å². The number of halogens is 1. The lowest BCUT2D eigenvalue weighted by Crippen LogP contribution is -2.13. The fraction of sp³-hybridized carbons (Fsp3) is 0.100. The van der Waals surface area contributed by atoms with Gasteiger partial charge in [0, 0.05) is 23.2 Å². The SMILES string of the molecule is Brc1ccc(N=Nc2ccc(N3Cc4ccccc4C3)cc2)cc1. The van der Waals surface area contributed by atoms with E-state index in [1.165, 1.54) is 16.8 Å². The Morgan fingerprint density at radius 3 is 1.71 bits per heavy atom. The smallest absolute Gasteiger partial charge is 0.0858 e. The lowest BCUT2D eigenvalue weighted by molar-refractivity contribution is 0.880. The summed E-state index contributed by atoms with van der Waals surface area (Å²) in [6.07, 6.45) is 0. The third-order valence-corrected chi connectivity index (χ3v) is 4.69. The van der Waals surface area contributed by atoms with E-state index in [0.29, 0.717) is 0 Å². The van der Waals surface area contributed by atoms with Gasteiger partial charge in [0.05, 0.1) is 11.4 Å². The maximum absolute atomic E-state index is 4.30. The molecule has 4 heteroatoms. The van der Waals surface area contributed by atoms with Crippen LogP contribution in [0, 0.1) is 0 Å². The maximum atomic E-state index is 4.30. The van der Waals surface area contributed by atoms with E-state index in [0.717, 1.165) is 28.9 Å². The Hall–Kier alpha value is -2.46. The molecule has 0 saturated carbocycles. The second-order valence-electron chi connectivity index (χ2n) is 5.82. The minimum absolute atomic E-state index is 0.845. The summed E-state index contributed by atoms with van der Waals surface area (Å²) < 4.78 is 1.04. The molecule has 0 fully saturated rings. The van der Waals surface area contributed by atoms with Gasteiger partial charge < -0.3 is 4.90 Å². The van der Waals surface area contributed by atoms with E-state index >= 15 is 0 Å². The van der Waals surface area contributed by atoms with Gasteiger partial charge >= 0.3 is 0 Å². The Balaban J connectivity index is 1.46. The first-order chi connectivity index (χ1) is 11.8. The minimum Gasteiger partial charge on any atom is -0.363 e. The van der Waals surface area contributed by atoms with Crippen LogP contribution in [0.15, 0.2) is 87.5 Å². The van der Waals surface area contributed by atoms with Crippen molar-refractivity contribution in [2.24, 2.45) is 10.2 Å². The molecule has 0 aliphatic carbocycles. The van der Waals surface area contributed by atoms with Crippen molar-refractivity contribution >= 4 is 33.0 Å². The Bertz CT molecular complexity index is 845. The van der Waals surface area contributed by atoms with Crippen molar-refractivity contribution in [3.05, 3.63) is 88.4 Å². The summed E-state index contributed by atoms with van der Waals surface area (Å²) in [6, 6.07) is 24.7. The molecule has 0 unspecified atom stereocenters. The molecule has 118 valence electrons. The highest BCUT2D eigenvalue weighted by Gasteiger charge is 2.18. The number of nitrogens with zero attached hydrogens (tertiary/aromatic N) is 3. The highest BCUT2D eigenvalue weighted by atomic mass is 79.9. The largest absolute Gasteiger partial charge is 0.363 e. The topological polar surface area (TPSA) is 28.0 Å². The molecule has 0 aromatic heterocycles. The maximum Gasteiger partial charge on any atom is 0.0858 e. The molecule has 3 aromatic rings. The Labute approximate surface area is 149 Å². The molecule has 3 aromatic carbocycles. The van der Waals surface area contributed by atoms with Gasteiger partial charge in [-0.2, -0.15) is 10.2 Å². The van der Waals surface area contributed by atoms with Crippen molar-refractivity contribution in [3.8, 4) is 0 Å².